The van der Waals surface area contributed by atoms with E-state index in [4.69, 9.17) is 14.2 Å². The molecule has 0 aromatic heterocycles. The van der Waals surface area contributed by atoms with Crippen molar-refractivity contribution in [3.05, 3.63) is 48.0 Å². The van der Waals surface area contributed by atoms with Gasteiger partial charge in [-0.1, -0.05) is 6.07 Å². The van der Waals surface area contributed by atoms with Crippen LogP contribution in [0.2, 0.25) is 0 Å². The average molecular weight is 287 g/mol. The van der Waals surface area contributed by atoms with Crippen LogP contribution in [-0.4, -0.2) is 20.8 Å². The zero-order valence-electron chi connectivity index (χ0n) is 12.7. The summed E-state index contributed by atoms with van der Waals surface area (Å²) in [6.45, 7) is 3.31. The molecule has 0 saturated heterocycles. The molecule has 2 aromatic rings. The summed E-state index contributed by atoms with van der Waals surface area (Å²) in [5, 5.41) is 3.37. The topological polar surface area (TPSA) is 39.7 Å². The lowest BCUT2D eigenvalue weighted by Gasteiger charge is -2.12. The van der Waals surface area contributed by atoms with E-state index in [2.05, 4.69) is 5.32 Å². The van der Waals surface area contributed by atoms with Gasteiger partial charge in [0.05, 0.1) is 20.8 Å². The van der Waals surface area contributed by atoms with Gasteiger partial charge in [0.1, 0.15) is 17.2 Å². The highest BCUT2D eigenvalue weighted by atomic mass is 16.5. The summed E-state index contributed by atoms with van der Waals surface area (Å²) in [6, 6.07) is 13.7. The van der Waals surface area contributed by atoms with E-state index in [-0.39, 0.29) is 0 Å². The number of hydrogen-bond donors (Lipinski definition) is 1. The van der Waals surface area contributed by atoms with Gasteiger partial charge >= 0.3 is 0 Å². The van der Waals surface area contributed by atoms with Crippen molar-refractivity contribution in [1.82, 2.24) is 0 Å². The van der Waals surface area contributed by atoms with Crippen LogP contribution in [0.4, 0.5) is 5.69 Å². The Morgan fingerprint density at radius 3 is 2.52 bits per heavy atom. The molecular weight excluding hydrogens is 266 g/mol. The molecule has 0 atom stereocenters. The van der Waals surface area contributed by atoms with Gasteiger partial charge in [0, 0.05) is 29.9 Å². The Hall–Kier alpha value is -2.36. The van der Waals surface area contributed by atoms with Crippen LogP contribution < -0.4 is 19.5 Å². The third kappa shape index (κ3) is 4.05. The molecule has 2 aromatic carbocycles. The predicted octanol–water partition coefficient (Wildman–Crippen LogP) is 3.71. The Labute approximate surface area is 125 Å². The molecule has 0 spiro atoms. The zero-order valence-corrected chi connectivity index (χ0v) is 12.7. The van der Waals surface area contributed by atoms with E-state index in [1.165, 1.54) is 0 Å². The first kappa shape index (κ1) is 15.0. The van der Waals surface area contributed by atoms with Crippen LogP contribution in [0.15, 0.2) is 42.5 Å². The van der Waals surface area contributed by atoms with E-state index in [0.717, 1.165) is 28.5 Å². The maximum Gasteiger partial charge on any atom is 0.127 e. The summed E-state index contributed by atoms with van der Waals surface area (Å²) >= 11 is 0. The van der Waals surface area contributed by atoms with Crippen LogP contribution >= 0.6 is 0 Å². The predicted molar refractivity (Wildman–Crippen MR) is 84.5 cm³/mol. The summed E-state index contributed by atoms with van der Waals surface area (Å²) in [7, 11) is 3.31. The van der Waals surface area contributed by atoms with E-state index in [1.54, 1.807) is 14.2 Å². The molecule has 4 heteroatoms. The highest BCUT2D eigenvalue weighted by Crippen LogP contribution is 2.26. The fraction of sp³-hybridized carbons (Fsp3) is 0.294. The van der Waals surface area contributed by atoms with Gasteiger partial charge in [-0.2, -0.15) is 0 Å². The molecule has 0 saturated carbocycles. The van der Waals surface area contributed by atoms with E-state index in [9.17, 15) is 0 Å². The Balaban J connectivity index is 2.07. The van der Waals surface area contributed by atoms with Crippen molar-refractivity contribution in [3.8, 4) is 17.2 Å². The average Bonchev–Trinajstić information content (AvgIpc) is 2.53. The molecule has 0 heterocycles. The van der Waals surface area contributed by atoms with Gasteiger partial charge in [-0.3, -0.25) is 0 Å². The molecule has 112 valence electrons. The molecule has 0 aliphatic rings. The Morgan fingerprint density at radius 2 is 1.81 bits per heavy atom. The molecule has 0 aliphatic heterocycles. The van der Waals surface area contributed by atoms with E-state index in [0.29, 0.717) is 13.2 Å². The van der Waals surface area contributed by atoms with Crippen LogP contribution in [0.1, 0.15) is 12.5 Å². The first-order valence-corrected chi connectivity index (χ1v) is 6.94. The SMILES string of the molecule is CCOc1cccc(NCc2ccc(OC)cc2OC)c1. The number of benzene rings is 2. The van der Waals surface area contributed by atoms with Crippen molar-refractivity contribution in [2.75, 3.05) is 26.1 Å². The third-order valence-electron chi connectivity index (χ3n) is 3.12. The third-order valence-corrected chi connectivity index (χ3v) is 3.12. The zero-order chi connectivity index (χ0) is 15.1. The van der Waals surface area contributed by atoms with Crippen molar-refractivity contribution in [2.24, 2.45) is 0 Å². The smallest absolute Gasteiger partial charge is 0.127 e. The molecule has 1 N–H and O–H groups in total. The Kier molecular flexibility index (Phi) is 5.32. The second kappa shape index (κ2) is 7.43. The monoisotopic (exact) mass is 287 g/mol. The minimum atomic E-state index is 0.662. The Morgan fingerprint density at radius 1 is 0.952 bits per heavy atom. The van der Waals surface area contributed by atoms with Gasteiger partial charge < -0.3 is 19.5 Å². The highest BCUT2D eigenvalue weighted by Gasteiger charge is 2.05. The van der Waals surface area contributed by atoms with Gasteiger partial charge in [-0.25, -0.2) is 0 Å². The maximum atomic E-state index is 5.49. The number of ether oxygens (including phenoxy) is 3. The summed E-state index contributed by atoms with van der Waals surface area (Å²) in [6.07, 6.45) is 0. The van der Waals surface area contributed by atoms with Gasteiger partial charge in [-0.15, -0.1) is 0 Å². The second-order valence-electron chi connectivity index (χ2n) is 4.49. The lowest BCUT2D eigenvalue weighted by molar-refractivity contribution is 0.340. The summed E-state index contributed by atoms with van der Waals surface area (Å²) in [5.74, 6) is 2.46. The molecule has 4 nitrogen and oxygen atoms in total. The van der Waals surface area contributed by atoms with Crippen molar-refractivity contribution >= 4 is 5.69 Å². The molecule has 0 radical (unpaired) electrons. The van der Waals surface area contributed by atoms with Crippen molar-refractivity contribution in [2.45, 2.75) is 13.5 Å². The molecule has 0 amide bonds. The molecular formula is C17H21NO3. The van der Waals surface area contributed by atoms with Crippen molar-refractivity contribution < 1.29 is 14.2 Å². The lowest BCUT2D eigenvalue weighted by atomic mass is 10.2. The number of methoxy groups -OCH3 is 2. The first-order chi connectivity index (χ1) is 10.3. The maximum absolute atomic E-state index is 5.49. The van der Waals surface area contributed by atoms with Gasteiger partial charge in [-0.05, 0) is 31.2 Å². The normalized spacial score (nSPS) is 10.0. The molecule has 2 rings (SSSR count). The number of nitrogens with one attached hydrogen (secondary N) is 1. The summed E-state index contributed by atoms with van der Waals surface area (Å²) < 4.78 is 16.1. The standard InChI is InChI=1S/C17H21NO3/c1-4-21-16-7-5-6-14(10-16)18-12-13-8-9-15(19-2)11-17(13)20-3/h5-11,18H,4,12H2,1-3H3. The number of anilines is 1. The fourth-order valence-corrected chi connectivity index (χ4v) is 2.06. The summed E-state index contributed by atoms with van der Waals surface area (Å²) in [4.78, 5) is 0. The van der Waals surface area contributed by atoms with Crippen molar-refractivity contribution in [3.63, 3.8) is 0 Å². The van der Waals surface area contributed by atoms with E-state index >= 15 is 0 Å². The highest BCUT2D eigenvalue weighted by molar-refractivity contribution is 5.50. The number of rotatable bonds is 7. The quantitative estimate of drug-likeness (QED) is 0.842. The van der Waals surface area contributed by atoms with Crippen LogP contribution in [-0.2, 0) is 6.54 Å². The Bertz CT molecular complexity index is 584. The van der Waals surface area contributed by atoms with Crippen molar-refractivity contribution in [1.29, 1.82) is 0 Å². The molecule has 0 unspecified atom stereocenters. The van der Waals surface area contributed by atoms with Crippen LogP contribution in [0, 0.1) is 0 Å². The largest absolute Gasteiger partial charge is 0.497 e. The first-order valence-electron chi connectivity index (χ1n) is 6.94. The van der Waals surface area contributed by atoms with E-state index < -0.39 is 0 Å². The molecule has 0 aliphatic carbocycles. The molecule has 21 heavy (non-hydrogen) atoms. The van der Waals surface area contributed by atoms with Crippen LogP contribution in [0.5, 0.6) is 17.2 Å². The minimum absolute atomic E-state index is 0.662. The number of hydrogen-bond acceptors (Lipinski definition) is 4. The van der Waals surface area contributed by atoms with Crippen LogP contribution in [0.3, 0.4) is 0 Å². The summed E-state index contributed by atoms with van der Waals surface area (Å²) in [5.41, 5.74) is 2.08. The van der Waals surface area contributed by atoms with Crippen LogP contribution in [0.25, 0.3) is 0 Å². The molecule has 0 bridgehead atoms. The van der Waals surface area contributed by atoms with Gasteiger partial charge in [0.25, 0.3) is 0 Å². The lowest BCUT2D eigenvalue weighted by Crippen LogP contribution is -2.02. The molecule has 0 fully saturated rings. The fourth-order valence-electron chi connectivity index (χ4n) is 2.06. The minimum Gasteiger partial charge on any atom is -0.497 e. The van der Waals surface area contributed by atoms with Gasteiger partial charge in [0.2, 0.25) is 0 Å². The second-order valence-corrected chi connectivity index (χ2v) is 4.49. The van der Waals surface area contributed by atoms with E-state index in [1.807, 2.05) is 49.4 Å². The van der Waals surface area contributed by atoms with Gasteiger partial charge in [0.15, 0.2) is 0 Å².